The van der Waals surface area contributed by atoms with Crippen LogP contribution in [0.2, 0.25) is 10.0 Å². The predicted molar refractivity (Wildman–Crippen MR) is 79.9 cm³/mol. The first-order valence-corrected chi connectivity index (χ1v) is 6.96. The molecule has 104 valence electrons. The molecule has 0 radical (unpaired) electrons. The molecule has 1 N–H and O–H groups in total. The fourth-order valence-electron chi connectivity index (χ4n) is 2.33. The van der Waals surface area contributed by atoms with Crippen molar-refractivity contribution in [1.29, 1.82) is 0 Å². The smallest absolute Gasteiger partial charge is 0.231 e. The molecule has 0 saturated heterocycles. The van der Waals surface area contributed by atoms with Crippen LogP contribution in [0.4, 0.5) is 0 Å². The first kappa shape index (κ1) is 13.6. The van der Waals surface area contributed by atoms with E-state index in [1.54, 1.807) is 12.1 Å². The van der Waals surface area contributed by atoms with E-state index < -0.39 is 0 Å². The standard InChI is InChI=1S/C15H13Cl2NO2/c1-18-15(11-7-10(16)3-4-12(11)17)9-2-5-13-14(6-9)20-8-19-13/h2-7,15,18H,8H2,1H3. The highest BCUT2D eigenvalue weighted by Crippen LogP contribution is 2.37. The van der Waals surface area contributed by atoms with E-state index in [0.717, 1.165) is 22.6 Å². The number of nitrogens with one attached hydrogen (secondary N) is 1. The summed E-state index contributed by atoms with van der Waals surface area (Å²) in [5, 5.41) is 4.58. The number of halogens is 2. The fourth-order valence-corrected chi connectivity index (χ4v) is 2.74. The highest BCUT2D eigenvalue weighted by molar-refractivity contribution is 6.33. The van der Waals surface area contributed by atoms with Crippen molar-refractivity contribution in [2.45, 2.75) is 6.04 Å². The Hall–Kier alpha value is -1.42. The van der Waals surface area contributed by atoms with Gasteiger partial charge in [0, 0.05) is 10.0 Å². The molecule has 0 aliphatic carbocycles. The van der Waals surface area contributed by atoms with Crippen LogP contribution < -0.4 is 14.8 Å². The Morgan fingerprint density at radius 1 is 1.05 bits per heavy atom. The van der Waals surface area contributed by atoms with Crippen molar-refractivity contribution in [3.63, 3.8) is 0 Å². The Kier molecular flexibility index (Phi) is 3.74. The molecule has 1 atom stereocenters. The lowest BCUT2D eigenvalue weighted by Gasteiger charge is -2.19. The third kappa shape index (κ3) is 2.44. The molecule has 0 amide bonds. The topological polar surface area (TPSA) is 30.5 Å². The number of rotatable bonds is 3. The summed E-state index contributed by atoms with van der Waals surface area (Å²) in [7, 11) is 1.88. The largest absolute Gasteiger partial charge is 0.454 e. The summed E-state index contributed by atoms with van der Waals surface area (Å²) in [4.78, 5) is 0. The summed E-state index contributed by atoms with van der Waals surface area (Å²) in [6, 6.07) is 11.2. The second-order valence-electron chi connectivity index (χ2n) is 4.50. The zero-order valence-electron chi connectivity index (χ0n) is 10.8. The predicted octanol–water partition coefficient (Wildman–Crippen LogP) is 4.03. The SMILES string of the molecule is CNC(c1ccc2c(c1)OCO2)c1cc(Cl)ccc1Cl. The van der Waals surface area contributed by atoms with Crippen molar-refractivity contribution in [2.24, 2.45) is 0 Å². The first-order chi connectivity index (χ1) is 9.69. The van der Waals surface area contributed by atoms with E-state index in [1.807, 2.05) is 31.3 Å². The highest BCUT2D eigenvalue weighted by Gasteiger charge is 2.20. The molecule has 0 saturated carbocycles. The first-order valence-electron chi connectivity index (χ1n) is 6.21. The molecule has 1 aliphatic rings. The Balaban J connectivity index is 2.03. The number of hydrogen-bond acceptors (Lipinski definition) is 3. The minimum absolute atomic E-state index is 0.0595. The summed E-state index contributed by atoms with van der Waals surface area (Å²) >= 11 is 12.4. The minimum Gasteiger partial charge on any atom is -0.454 e. The molecule has 0 aromatic heterocycles. The van der Waals surface area contributed by atoms with Crippen molar-refractivity contribution in [3.05, 3.63) is 57.6 Å². The van der Waals surface area contributed by atoms with Crippen molar-refractivity contribution < 1.29 is 9.47 Å². The number of fused-ring (bicyclic) bond motifs is 1. The Morgan fingerprint density at radius 3 is 2.65 bits per heavy atom. The molecule has 3 nitrogen and oxygen atoms in total. The van der Waals surface area contributed by atoms with Gasteiger partial charge < -0.3 is 14.8 Å². The van der Waals surface area contributed by atoms with Gasteiger partial charge in [-0.15, -0.1) is 0 Å². The van der Waals surface area contributed by atoms with Gasteiger partial charge in [0.25, 0.3) is 0 Å². The second kappa shape index (κ2) is 5.52. The minimum atomic E-state index is -0.0595. The summed E-state index contributed by atoms with van der Waals surface area (Å²) < 4.78 is 10.7. The van der Waals surface area contributed by atoms with Crippen molar-refractivity contribution in [1.82, 2.24) is 5.32 Å². The van der Waals surface area contributed by atoms with Gasteiger partial charge in [0.2, 0.25) is 6.79 Å². The van der Waals surface area contributed by atoms with E-state index in [4.69, 9.17) is 32.7 Å². The molecule has 1 unspecified atom stereocenters. The molecule has 0 bridgehead atoms. The van der Waals surface area contributed by atoms with Crippen molar-refractivity contribution in [3.8, 4) is 11.5 Å². The van der Waals surface area contributed by atoms with Gasteiger partial charge in [0.1, 0.15) is 0 Å². The molecular weight excluding hydrogens is 297 g/mol. The van der Waals surface area contributed by atoms with Gasteiger partial charge in [0.15, 0.2) is 11.5 Å². The molecule has 0 spiro atoms. The molecule has 2 aromatic carbocycles. The molecule has 1 heterocycles. The lowest BCUT2D eigenvalue weighted by atomic mass is 9.98. The molecule has 2 aromatic rings. The van der Waals surface area contributed by atoms with Gasteiger partial charge in [0.05, 0.1) is 6.04 Å². The zero-order valence-corrected chi connectivity index (χ0v) is 12.3. The maximum absolute atomic E-state index is 6.28. The summed E-state index contributed by atoms with van der Waals surface area (Å²) in [6.45, 7) is 0.265. The van der Waals surface area contributed by atoms with Gasteiger partial charge in [-0.05, 0) is 48.5 Å². The molecule has 1 aliphatic heterocycles. The average Bonchev–Trinajstić information content (AvgIpc) is 2.91. The highest BCUT2D eigenvalue weighted by atomic mass is 35.5. The van der Waals surface area contributed by atoms with Gasteiger partial charge in [-0.3, -0.25) is 0 Å². The van der Waals surface area contributed by atoms with E-state index in [9.17, 15) is 0 Å². The maximum atomic E-state index is 6.28. The summed E-state index contributed by atoms with van der Waals surface area (Å²) in [5.74, 6) is 1.52. The van der Waals surface area contributed by atoms with Crippen LogP contribution in [0.25, 0.3) is 0 Å². The summed E-state index contributed by atoms with van der Waals surface area (Å²) in [6.07, 6.45) is 0. The Morgan fingerprint density at radius 2 is 1.85 bits per heavy atom. The van der Waals surface area contributed by atoms with E-state index in [1.165, 1.54) is 0 Å². The molecule has 20 heavy (non-hydrogen) atoms. The third-order valence-electron chi connectivity index (χ3n) is 3.29. The van der Waals surface area contributed by atoms with Crippen LogP contribution in [0.3, 0.4) is 0 Å². The van der Waals surface area contributed by atoms with E-state index in [2.05, 4.69) is 5.32 Å². The lowest BCUT2D eigenvalue weighted by molar-refractivity contribution is 0.174. The van der Waals surface area contributed by atoms with Crippen LogP contribution in [-0.2, 0) is 0 Å². The van der Waals surface area contributed by atoms with Gasteiger partial charge in [-0.2, -0.15) is 0 Å². The molecule has 0 fully saturated rings. The van der Waals surface area contributed by atoms with E-state index in [0.29, 0.717) is 10.0 Å². The quantitative estimate of drug-likeness (QED) is 0.928. The zero-order chi connectivity index (χ0) is 14.1. The summed E-state index contributed by atoms with van der Waals surface area (Å²) in [5.41, 5.74) is 1.97. The van der Waals surface area contributed by atoms with Crippen molar-refractivity contribution >= 4 is 23.2 Å². The lowest BCUT2D eigenvalue weighted by Crippen LogP contribution is -2.18. The van der Waals surface area contributed by atoms with Gasteiger partial charge >= 0.3 is 0 Å². The Labute approximate surface area is 127 Å². The average molecular weight is 310 g/mol. The van der Waals surface area contributed by atoms with Gasteiger partial charge in [-0.1, -0.05) is 29.3 Å². The third-order valence-corrected chi connectivity index (χ3v) is 3.87. The van der Waals surface area contributed by atoms with Crippen molar-refractivity contribution in [2.75, 3.05) is 13.8 Å². The van der Waals surface area contributed by atoms with Crippen LogP contribution in [0.1, 0.15) is 17.2 Å². The van der Waals surface area contributed by atoms with Gasteiger partial charge in [-0.25, -0.2) is 0 Å². The fraction of sp³-hybridized carbons (Fsp3) is 0.200. The number of hydrogen-bond donors (Lipinski definition) is 1. The van der Waals surface area contributed by atoms with Crippen LogP contribution >= 0.6 is 23.2 Å². The number of benzene rings is 2. The maximum Gasteiger partial charge on any atom is 0.231 e. The number of ether oxygens (including phenoxy) is 2. The second-order valence-corrected chi connectivity index (χ2v) is 5.34. The molecule has 3 rings (SSSR count). The normalized spacial score (nSPS) is 14.3. The monoisotopic (exact) mass is 309 g/mol. The Bertz CT molecular complexity index is 646. The van der Waals surface area contributed by atoms with E-state index >= 15 is 0 Å². The van der Waals surface area contributed by atoms with E-state index in [-0.39, 0.29) is 12.8 Å². The van der Waals surface area contributed by atoms with Crippen LogP contribution in [0.5, 0.6) is 11.5 Å². The molecular formula is C15H13Cl2NO2. The van der Waals surface area contributed by atoms with Crippen LogP contribution in [-0.4, -0.2) is 13.8 Å². The van der Waals surface area contributed by atoms with Crippen LogP contribution in [0.15, 0.2) is 36.4 Å². The van der Waals surface area contributed by atoms with Crippen LogP contribution in [0, 0.1) is 0 Å². The molecule has 5 heteroatoms.